The number of hydrogen-bond donors (Lipinski definition) is 21. The van der Waals surface area contributed by atoms with Crippen molar-refractivity contribution in [2.24, 2.45) is 51.6 Å². The van der Waals surface area contributed by atoms with Crippen molar-refractivity contribution in [2.45, 2.75) is 67.7 Å². The molecule has 0 aliphatic carbocycles. The molecule has 1 rings (SSSR count). The fourth-order valence-corrected chi connectivity index (χ4v) is 5.87. The second kappa shape index (κ2) is 32.3. The van der Waals surface area contributed by atoms with Crippen molar-refractivity contribution < 1.29 is 62.6 Å². The van der Waals surface area contributed by atoms with Gasteiger partial charge in [-0.2, -0.15) is 0 Å². The molecule has 0 radical (unpaired) electrons. The summed E-state index contributed by atoms with van der Waals surface area (Å²) in [7, 11) is 0. The fraction of sp³-hybridized carbons (Fsp3) is 0.538. The predicted molar refractivity (Wildman–Crippen MR) is 253 cm³/mol. The quantitative estimate of drug-likeness (QED) is 0.0319. The third kappa shape index (κ3) is 21.5. The van der Waals surface area contributed by atoms with E-state index in [1.807, 2.05) is 0 Å². The van der Waals surface area contributed by atoms with Gasteiger partial charge in [-0.3, -0.25) is 57.5 Å². The molecular weight excluding hydrogens is 957 g/mol. The van der Waals surface area contributed by atoms with E-state index >= 15 is 0 Å². The Balaban J connectivity index is 2.81. The molecule has 1 aromatic rings. The Kier molecular flexibility index (Phi) is 27.9. The molecule has 0 aliphatic rings. The van der Waals surface area contributed by atoms with Crippen LogP contribution in [-0.2, 0) is 64.0 Å². The first kappa shape index (κ1) is 62.4. The topological polar surface area (TPSA) is 592 Å². The summed E-state index contributed by atoms with van der Waals surface area (Å²) >= 11 is 0. The number of phenols is 1. The molecule has 12 amide bonds. The van der Waals surface area contributed by atoms with Gasteiger partial charge in [0.2, 0.25) is 70.9 Å². The van der Waals surface area contributed by atoms with Crippen molar-refractivity contribution in [3.05, 3.63) is 29.8 Å². The highest BCUT2D eigenvalue weighted by Crippen LogP contribution is 2.11. The van der Waals surface area contributed by atoms with E-state index < -0.39 is 184 Å². The van der Waals surface area contributed by atoms with Gasteiger partial charge in [-0.1, -0.05) is 12.1 Å². The normalized spacial score (nSPS) is 14.5. The zero-order valence-corrected chi connectivity index (χ0v) is 39.3. The van der Waals surface area contributed by atoms with Crippen LogP contribution in [0.25, 0.3) is 0 Å². The Labute approximate surface area is 411 Å². The standard InChI is InChI=1S/C39H68N20O13/c1-17(60)51-20(6-18-2-4-19(61)5-3-18)32(65)50-15-29(62)49-16-30(63)52-22(8-41)33(66)54-24(10-43)35(68)56-26(12-45)37(70)58-28(14-47)39(72)59-27(13-46)38(71)57-25(11-44)36(69)55-23(9-42)34(67)53-21(7-40)31(48)64/h2-5,20-28,61H,6-16,40-47H2,1H3,(H2,48,64)(H,49,62)(H,50,65)(H,51,60)(H,52,63)(H,53,67)(H,54,66)(H,55,69)(H,56,68)(H,57,71)(H,58,70)(H,59,72)/t20-,21-,22-,23-,24-,25-,26-,27-,28-/m0/s1. The second-order valence-corrected chi connectivity index (χ2v) is 15.5. The van der Waals surface area contributed by atoms with E-state index in [1.54, 1.807) is 12.1 Å². The minimum absolute atomic E-state index is 0.00798. The van der Waals surface area contributed by atoms with Gasteiger partial charge in [-0.05, 0) is 17.7 Å². The highest BCUT2D eigenvalue weighted by atomic mass is 16.3. The molecule has 0 saturated heterocycles. The van der Waals surface area contributed by atoms with Gasteiger partial charge >= 0.3 is 0 Å². The Morgan fingerprint density at radius 2 is 0.681 bits per heavy atom. The first-order valence-electron chi connectivity index (χ1n) is 21.9. The number of hydrogen-bond acceptors (Lipinski definition) is 21. The van der Waals surface area contributed by atoms with Crippen molar-refractivity contribution >= 4 is 70.9 Å². The average Bonchev–Trinajstić information content (AvgIpc) is 3.35. The summed E-state index contributed by atoms with van der Waals surface area (Å²) in [6, 6.07) is -7.15. The van der Waals surface area contributed by atoms with Crippen LogP contribution in [0.2, 0.25) is 0 Å². The largest absolute Gasteiger partial charge is 0.508 e. The van der Waals surface area contributed by atoms with Gasteiger partial charge in [0.15, 0.2) is 0 Å². The first-order valence-corrected chi connectivity index (χ1v) is 21.9. The van der Waals surface area contributed by atoms with Gasteiger partial charge in [0, 0.05) is 65.7 Å². The maximum Gasteiger partial charge on any atom is 0.244 e. The average molecular weight is 1030 g/mol. The summed E-state index contributed by atoms with van der Waals surface area (Å²) in [5, 5.41) is 34.6. The van der Waals surface area contributed by atoms with E-state index in [2.05, 4.69) is 58.5 Å². The Morgan fingerprint density at radius 3 is 0.972 bits per heavy atom. The Bertz CT molecular complexity index is 2070. The molecule has 0 fully saturated rings. The van der Waals surface area contributed by atoms with Crippen molar-refractivity contribution in [1.29, 1.82) is 0 Å². The summed E-state index contributed by atoms with van der Waals surface area (Å²) in [6.45, 7) is -4.21. The van der Waals surface area contributed by atoms with Gasteiger partial charge in [-0.25, -0.2) is 0 Å². The van der Waals surface area contributed by atoms with E-state index in [0.717, 1.165) is 0 Å². The molecular formula is C39H68N20O13. The second-order valence-electron chi connectivity index (χ2n) is 15.5. The minimum Gasteiger partial charge on any atom is -0.508 e. The number of aromatic hydroxyl groups is 1. The lowest BCUT2D eigenvalue weighted by molar-refractivity contribution is -0.135. The van der Waals surface area contributed by atoms with E-state index in [4.69, 9.17) is 51.6 Å². The highest BCUT2D eigenvalue weighted by Gasteiger charge is 2.33. The summed E-state index contributed by atoms with van der Waals surface area (Å²) in [5.74, 6) is -11.1. The molecule has 72 heavy (non-hydrogen) atoms. The third-order valence-electron chi connectivity index (χ3n) is 9.93. The van der Waals surface area contributed by atoms with Gasteiger partial charge in [0.25, 0.3) is 0 Å². The number of benzene rings is 1. The van der Waals surface area contributed by atoms with E-state index in [0.29, 0.717) is 5.56 Å². The SMILES string of the molecule is CC(=O)N[C@@H](Cc1ccc(O)cc1)C(=O)NCC(=O)NCC(=O)N[C@@H](CN)C(=O)N[C@@H](CN)C(=O)N[C@@H](CN)C(=O)N[C@@H](CN)C(=O)N[C@@H](CN)C(=O)N[C@@H](CN)C(=O)N[C@@H](CN)C(=O)N[C@@H](CN)C(N)=O. The molecule has 0 aliphatic heterocycles. The number of phenolic OH excluding ortho intramolecular Hbond substituents is 1. The maximum absolute atomic E-state index is 13.2. The van der Waals surface area contributed by atoms with Gasteiger partial charge < -0.3 is 115 Å². The zero-order valence-electron chi connectivity index (χ0n) is 39.3. The molecule has 0 saturated carbocycles. The number of nitrogens with one attached hydrogen (secondary N) is 11. The number of carbonyl (C=O) groups is 12. The number of carbonyl (C=O) groups excluding carboxylic acids is 12. The van der Waals surface area contributed by atoms with Crippen LogP contribution in [0.4, 0.5) is 0 Å². The fourth-order valence-electron chi connectivity index (χ4n) is 5.87. The molecule has 402 valence electrons. The highest BCUT2D eigenvalue weighted by molar-refractivity contribution is 5.99. The van der Waals surface area contributed by atoms with Crippen LogP contribution in [0.3, 0.4) is 0 Å². The van der Waals surface area contributed by atoms with Crippen LogP contribution < -0.4 is 110 Å². The molecule has 33 nitrogen and oxygen atoms in total. The zero-order chi connectivity index (χ0) is 54.7. The number of primary amides is 1. The Morgan fingerprint density at radius 1 is 0.389 bits per heavy atom. The molecule has 9 atom stereocenters. The lowest BCUT2D eigenvalue weighted by Gasteiger charge is -2.26. The smallest absolute Gasteiger partial charge is 0.244 e. The van der Waals surface area contributed by atoms with E-state index in [1.165, 1.54) is 19.1 Å². The molecule has 0 spiro atoms. The molecule has 0 unspecified atom stereocenters. The molecule has 0 aromatic heterocycles. The third-order valence-corrected chi connectivity index (χ3v) is 9.93. The van der Waals surface area contributed by atoms with Crippen LogP contribution >= 0.6 is 0 Å². The summed E-state index contributed by atoms with van der Waals surface area (Å²) in [6.07, 6.45) is 0.0283. The lowest BCUT2D eigenvalue weighted by atomic mass is 10.0. The van der Waals surface area contributed by atoms with Gasteiger partial charge in [0.1, 0.15) is 60.1 Å². The molecule has 30 N–H and O–H groups in total. The monoisotopic (exact) mass is 1020 g/mol. The predicted octanol–water partition coefficient (Wildman–Crippen LogP) is -14.3. The summed E-state index contributed by atoms with van der Waals surface area (Å²) in [5.41, 5.74) is 51.0. The number of rotatable bonds is 32. The van der Waals surface area contributed by atoms with Crippen molar-refractivity contribution in [1.82, 2.24) is 58.5 Å². The molecule has 33 heteroatoms. The Hall–Kier alpha value is -7.66. The van der Waals surface area contributed by atoms with E-state index in [9.17, 15) is 62.6 Å². The molecule has 0 bridgehead atoms. The molecule has 1 aromatic carbocycles. The lowest BCUT2D eigenvalue weighted by Crippen LogP contribution is -2.64. The van der Waals surface area contributed by atoms with Gasteiger partial charge in [-0.15, -0.1) is 0 Å². The van der Waals surface area contributed by atoms with Crippen molar-refractivity contribution in [3.63, 3.8) is 0 Å². The summed E-state index contributed by atoms with van der Waals surface area (Å²) < 4.78 is 0. The maximum atomic E-state index is 13.2. The number of nitrogens with two attached hydrogens (primary N) is 9. The number of amides is 12. The molecule has 0 heterocycles. The van der Waals surface area contributed by atoms with E-state index in [-0.39, 0.29) is 18.7 Å². The minimum atomic E-state index is -1.58. The van der Waals surface area contributed by atoms with Crippen molar-refractivity contribution in [3.8, 4) is 5.75 Å². The first-order chi connectivity index (χ1) is 34.0. The van der Waals surface area contributed by atoms with Crippen LogP contribution in [0.5, 0.6) is 5.75 Å². The van der Waals surface area contributed by atoms with Crippen LogP contribution in [0.15, 0.2) is 24.3 Å². The van der Waals surface area contributed by atoms with Crippen LogP contribution in [0.1, 0.15) is 12.5 Å². The van der Waals surface area contributed by atoms with Crippen molar-refractivity contribution in [2.75, 3.05) is 65.4 Å². The van der Waals surface area contributed by atoms with Crippen LogP contribution in [0, 0.1) is 0 Å². The summed E-state index contributed by atoms with van der Waals surface area (Å²) in [4.78, 5) is 152. The van der Waals surface area contributed by atoms with Crippen LogP contribution in [-0.4, -0.2) is 196 Å². The van der Waals surface area contributed by atoms with Gasteiger partial charge in [0.05, 0.1) is 13.1 Å².